The molecule has 0 aliphatic rings. The maximum absolute atomic E-state index is 10.7. The highest BCUT2D eigenvalue weighted by molar-refractivity contribution is 6.17. The van der Waals surface area contributed by atoms with Gasteiger partial charge in [-0.05, 0) is 24.5 Å². The topological polar surface area (TPSA) is 55.2 Å². The van der Waals surface area contributed by atoms with Gasteiger partial charge in [0.2, 0.25) is 0 Å². The van der Waals surface area contributed by atoms with Crippen molar-refractivity contribution >= 4 is 23.0 Å². The number of nitrogens with one attached hydrogen (secondary N) is 1. The second-order valence-corrected chi connectivity index (χ2v) is 3.53. The number of hydrogen-bond donors (Lipinski definition) is 1. The minimum atomic E-state index is -0.392. The summed E-state index contributed by atoms with van der Waals surface area (Å²) >= 11 is 5.58. The smallest absolute Gasteiger partial charge is 0.292 e. The van der Waals surface area contributed by atoms with Crippen LogP contribution in [0.5, 0.6) is 0 Å². The molecule has 0 atom stereocenters. The Morgan fingerprint density at radius 2 is 2.27 bits per heavy atom. The summed E-state index contributed by atoms with van der Waals surface area (Å²) in [7, 11) is 1.67. The number of benzene rings is 1. The van der Waals surface area contributed by atoms with Gasteiger partial charge in [-0.2, -0.15) is 0 Å². The van der Waals surface area contributed by atoms with Gasteiger partial charge in [0.1, 0.15) is 5.69 Å². The van der Waals surface area contributed by atoms with Crippen LogP contribution in [0.25, 0.3) is 0 Å². The van der Waals surface area contributed by atoms with Crippen molar-refractivity contribution in [2.24, 2.45) is 0 Å². The number of nitrogens with zero attached hydrogens (tertiary/aromatic N) is 1. The van der Waals surface area contributed by atoms with Gasteiger partial charge in [-0.15, -0.1) is 11.6 Å². The molecular weight excluding hydrogens is 216 g/mol. The van der Waals surface area contributed by atoms with Crippen LogP contribution in [0.3, 0.4) is 0 Å². The second kappa shape index (κ2) is 5.56. The van der Waals surface area contributed by atoms with Gasteiger partial charge in [0.15, 0.2) is 0 Å². The molecule has 1 aromatic carbocycles. The molecule has 82 valence electrons. The van der Waals surface area contributed by atoms with Crippen LogP contribution in [0, 0.1) is 10.1 Å². The highest BCUT2D eigenvalue weighted by Crippen LogP contribution is 2.25. The molecule has 0 amide bonds. The number of nitro groups is 1. The molecule has 15 heavy (non-hydrogen) atoms. The standard InChI is InChI=1S/C10H13ClN2O2/c1-12-9-7-8(3-2-6-11)4-5-10(9)13(14)15/h4-5,7,12H,2-3,6H2,1H3. The van der Waals surface area contributed by atoms with Crippen LogP contribution in [0.15, 0.2) is 18.2 Å². The molecule has 1 rings (SSSR count). The number of alkyl halides is 1. The number of rotatable bonds is 5. The van der Waals surface area contributed by atoms with E-state index in [0.29, 0.717) is 11.6 Å². The molecule has 0 aromatic heterocycles. The first-order valence-electron chi connectivity index (χ1n) is 4.70. The predicted molar refractivity (Wildman–Crippen MR) is 61.7 cm³/mol. The Labute approximate surface area is 93.4 Å². The number of halogens is 1. The lowest BCUT2D eigenvalue weighted by Crippen LogP contribution is -1.98. The Balaban J connectivity index is 2.92. The number of anilines is 1. The van der Waals surface area contributed by atoms with Gasteiger partial charge < -0.3 is 5.32 Å². The molecule has 0 aliphatic carbocycles. The lowest BCUT2D eigenvalue weighted by Gasteiger charge is -2.05. The highest BCUT2D eigenvalue weighted by Gasteiger charge is 2.12. The monoisotopic (exact) mass is 228 g/mol. The fourth-order valence-corrected chi connectivity index (χ4v) is 1.50. The molecular formula is C10H13ClN2O2. The molecule has 0 bridgehead atoms. The van der Waals surface area contributed by atoms with Crippen molar-refractivity contribution in [3.05, 3.63) is 33.9 Å². The molecule has 0 saturated carbocycles. The van der Waals surface area contributed by atoms with E-state index in [1.54, 1.807) is 19.2 Å². The van der Waals surface area contributed by atoms with Crippen molar-refractivity contribution in [2.75, 3.05) is 18.2 Å². The van der Waals surface area contributed by atoms with Gasteiger partial charge in [-0.3, -0.25) is 10.1 Å². The minimum Gasteiger partial charge on any atom is -0.383 e. The van der Waals surface area contributed by atoms with Crippen LogP contribution in [0.1, 0.15) is 12.0 Å². The lowest BCUT2D eigenvalue weighted by molar-refractivity contribution is -0.383. The summed E-state index contributed by atoms with van der Waals surface area (Å²) in [6.07, 6.45) is 1.72. The average Bonchev–Trinajstić information content (AvgIpc) is 2.25. The van der Waals surface area contributed by atoms with E-state index in [0.717, 1.165) is 18.4 Å². The molecule has 5 heteroatoms. The lowest BCUT2D eigenvalue weighted by atomic mass is 10.1. The first kappa shape index (κ1) is 11.8. The van der Waals surface area contributed by atoms with E-state index < -0.39 is 4.92 Å². The van der Waals surface area contributed by atoms with Crippen LogP contribution < -0.4 is 5.32 Å². The summed E-state index contributed by atoms with van der Waals surface area (Å²) in [5, 5.41) is 13.5. The summed E-state index contributed by atoms with van der Waals surface area (Å²) < 4.78 is 0. The van der Waals surface area contributed by atoms with E-state index in [2.05, 4.69) is 5.32 Å². The summed E-state index contributed by atoms with van der Waals surface area (Å²) in [5.41, 5.74) is 1.71. The van der Waals surface area contributed by atoms with Crippen molar-refractivity contribution < 1.29 is 4.92 Å². The summed E-state index contributed by atoms with van der Waals surface area (Å²) in [4.78, 5) is 10.3. The number of hydrogen-bond acceptors (Lipinski definition) is 3. The van der Waals surface area contributed by atoms with Gasteiger partial charge >= 0.3 is 0 Å². The van der Waals surface area contributed by atoms with Gasteiger partial charge in [0.05, 0.1) is 4.92 Å². The fourth-order valence-electron chi connectivity index (χ4n) is 1.37. The molecule has 0 heterocycles. The predicted octanol–water partition coefficient (Wildman–Crippen LogP) is 2.81. The van der Waals surface area contributed by atoms with E-state index in [9.17, 15) is 10.1 Å². The van der Waals surface area contributed by atoms with Crippen LogP contribution >= 0.6 is 11.6 Å². The molecule has 1 N–H and O–H groups in total. The molecule has 0 aliphatic heterocycles. The fraction of sp³-hybridized carbons (Fsp3) is 0.400. The van der Waals surface area contributed by atoms with E-state index in [1.165, 1.54) is 6.07 Å². The van der Waals surface area contributed by atoms with Crippen molar-refractivity contribution in [2.45, 2.75) is 12.8 Å². The Morgan fingerprint density at radius 3 is 2.80 bits per heavy atom. The number of nitro benzene ring substituents is 1. The van der Waals surface area contributed by atoms with Gasteiger partial charge in [0.25, 0.3) is 5.69 Å². The van der Waals surface area contributed by atoms with Crippen LogP contribution in [-0.4, -0.2) is 17.9 Å². The Kier molecular flexibility index (Phi) is 4.37. The van der Waals surface area contributed by atoms with Crippen molar-refractivity contribution in [3.8, 4) is 0 Å². The van der Waals surface area contributed by atoms with Gasteiger partial charge in [0, 0.05) is 19.0 Å². The average molecular weight is 229 g/mol. The first-order chi connectivity index (χ1) is 7.19. The van der Waals surface area contributed by atoms with Crippen molar-refractivity contribution in [1.29, 1.82) is 0 Å². The Morgan fingerprint density at radius 1 is 1.53 bits per heavy atom. The van der Waals surface area contributed by atoms with Crippen molar-refractivity contribution in [1.82, 2.24) is 0 Å². The Hall–Kier alpha value is -1.29. The Bertz CT molecular complexity index is 355. The summed E-state index contributed by atoms with van der Waals surface area (Å²) in [5.74, 6) is 0.603. The van der Waals surface area contributed by atoms with Crippen LogP contribution in [0.4, 0.5) is 11.4 Å². The maximum Gasteiger partial charge on any atom is 0.292 e. The van der Waals surface area contributed by atoms with Gasteiger partial charge in [-0.1, -0.05) is 6.07 Å². The quantitative estimate of drug-likeness (QED) is 0.479. The molecule has 0 fully saturated rings. The largest absolute Gasteiger partial charge is 0.383 e. The van der Waals surface area contributed by atoms with E-state index in [4.69, 9.17) is 11.6 Å². The van der Waals surface area contributed by atoms with E-state index >= 15 is 0 Å². The molecule has 0 radical (unpaired) electrons. The molecule has 0 spiro atoms. The third-order valence-electron chi connectivity index (χ3n) is 2.13. The van der Waals surface area contributed by atoms with Crippen LogP contribution in [0.2, 0.25) is 0 Å². The molecule has 1 aromatic rings. The zero-order valence-corrected chi connectivity index (χ0v) is 9.25. The van der Waals surface area contributed by atoms with Gasteiger partial charge in [-0.25, -0.2) is 0 Å². The third kappa shape index (κ3) is 3.09. The number of aryl methyl sites for hydroxylation is 1. The SMILES string of the molecule is CNc1cc(CCCCl)ccc1[N+](=O)[O-]. The van der Waals surface area contributed by atoms with E-state index in [-0.39, 0.29) is 5.69 Å². The molecule has 0 saturated heterocycles. The molecule has 4 nitrogen and oxygen atoms in total. The second-order valence-electron chi connectivity index (χ2n) is 3.15. The third-order valence-corrected chi connectivity index (χ3v) is 2.39. The minimum absolute atomic E-state index is 0.104. The normalized spacial score (nSPS) is 10.0. The van der Waals surface area contributed by atoms with Crippen molar-refractivity contribution in [3.63, 3.8) is 0 Å². The summed E-state index contributed by atoms with van der Waals surface area (Å²) in [6, 6.07) is 5.09. The molecule has 0 unspecified atom stereocenters. The zero-order chi connectivity index (χ0) is 11.3. The maximum atomic E-state index is 10.7. The summed E-state index contributed by atoms with van der Waals surface area (Å²) in [6.45, 7) is 0. The zero-order valence-electron chi connectivity index (χ0n) is 8.50. The highest BCUT2D eigenvalue weighted by atomic mass is 35.5. The van der Waals surface area contributed by atoms with Crippen LogP contribution in [-0.2, 0) is 6.42 Å². The van der Waals surface area contributed by atoms with E-state index in [1.807, 2.05) is 0 Å². The first-order valence-corrected chi connectivity index (χ1v) is 5.23.